The fraction of sp³-hybridized carbons (Fsp3) is 0.462. The third kappa shape index (κ3) is 2.26. The minimum Gasteiger partial charge on any atom is -0.294 e. The van der Waals surface area contributed by atoms with Crippen LogP contribution in [-0.4, -0.2) is 5.78 Å². The largest absolute Gasteiger partial charge is 0.294 e. The molecule has 0 heterocycles. The van der Waals surface area contributed by atoms with Crippen molar-refractivity contribution in [2.45, 2.75) is 26.2 Å². The van der Waals surface area contributed by atoms with Gasteiger partial charge in [-0.2, -0.15) is 0 Å². The van der Waals surface area contributed by atoms with Crippen molar-refractivity contribution in [1.29, 1.82) is 0 Å². The molecular weight excluding hydrogens is 243 g/mol. The van der Waals surface area contributed by atoms with E-state index in [0.717, 1.165) is 19.3 Å². The topological polar surface area (TPSA) is 17.1 Å². The van der Waals surface area contributed by atoms with E-state index in [2.05, 4.69) is 6.92 Å². The molecule has 2 rings (SSSR count). The summed E-state index contributed by atoms with van der Waals surface area (Å²) in [6.07, 6.45) is 3.27. The number of rotatable bonds is 2. The molecule has 1 aromatic carbocycles. The van der Waals surface area contributed by atoms with Crippen molar-refractivity contribution in [3.8, 4) is 0 Å². The average molecular weight is 257 g/mol. The molecule has 0 saturated heterocycles. The minimum atomic E-state index is 0.138. The van der Waals surface area contributed by atoms with Crippen LogP contribution in [0, 0.1) is 11.8 Å². The molecule has 2 atom stereocenters. The first kappa shape index (κ1) is 11.9. The zero-order valence-electron chi connectivity index (χ0n) is 9.17. The zero-order valence-corrected chi connectivity index (χ0v) is 10.7. The Kier molecular flexibility index (Phi) is 3.56. The second-order valence-electron chi connectivity index (χ2n) is 4.50. The van der Waals surface area contributed by atoms with Crippen molar-refractivity contribution in [2.75, 3.05) is 0 Å². The minimum absolute atomic E-state index is 0.138. The van der Waals surface area contributed by atoms with Gasteiger partial charge in [0.15, 0.2) is 5.78 Å². The summed E-state index contributed by atoms with van der Waals surface area (Å²) in [6, 6.07) is 5.09. The molecule has 0 N–H and O–H groups in total. The quantitative estimate of drug-likeness (QED) is 0.707. The van der Waals surface area contributed by atoms with E-state index in [1.807, 2.05) is 0 Å². The first-order valence-electron chi connectivity index (χ1n) is 5.59. The third-order valence-corrected chi connectivity index (χ3v) is 3.94. The van der Waals surface area contributed by atoms with Crippen molar-refractivity contribution in [2.24, 2.45) is 11.8 Å². The van der Waals surface area contributed by atoms with Gasteiger partial charge in [0.25, 0.3) is 0 Å². The maximum atomic E-state index is 12.3. The summed E-state index contributed by atoms with van der Waals surface area (Å²) in [5.41, 5.74) is 0.616. The first-order valence-corrected chi connectivity index (χ1v) is 6.34. The van der Waals surface area contributed by atoms with Gasteiger partial charge in [0.2, 0.25) is 0 Å². The fourth-order valence-electron chi connectivity index (χ4n) is 2.42. The Morgan fingerprint density at radius 2 is 2.06 bits per heavy atom. The van der Waals surface area contributed by atoms with Crippen LogP contribution in [-0.2, 0) is 0 Å². The van der Waals surface area contributed by atoms with E-state index in [4.69, 9.17) is 23.2 Å². The lowest BCUT2D eigenvalue weighted by Crippen LogP contribution is -2.17. The van der Waals surface area contributed by atoms with Crippen molar-refractivity contribution < 1.29 is 4.79 Å². The van der Waals surface area contributed by atoms with Gasteiger partial charge in [0, 0.05) is 16.5 Å². The van der Waals surface area contributed by atoms with Crippen LogP contribution >= 0.6 is 23.2 Å². The molecule has 0 spiro atoms. The van der Waals surface area contributed by atoms with Gasteiger partial charge in [0.1, 0.15) is 0 Å². The third-order valence-electron chi connectivity index (χ3n) is 3.39. The molecule has 1 saturated carbocycles. The standard InChI is InChI=1S/C13H14Cl2O/c1-8-3-2-4-10(8)13(16)11-6-5-9(14)7-12(11)15/h5-8,10H,2-4H2,1H3. The number of carbonyl (C=O) groups is 1. The average Bonchev–Trinajstić information content (AvgIpc) is 2.63. The first-order chi connectivity index (χ1) is 7.59. The lowest BCUT2D eigenvalue weighted by Gasteiger charge is -2.14. The molecule has 0 bridgehead atoms. The summed E-state index contributed by atoms with van der Waals surface area (Å²) >= 11 is 11.9. The number of halogens is 2. The number of hydrogen-bond acceptors (Lipinski definition) is 1. The molecule has 0 amide bonds. The molecule has 0 radical (unpaired) electrons. The van der Waals surface area contributed by atoms with E-state index in [0.29, 0.717) is 21.5 Å². The van der Waals surface area contributed by atoms with Gasteiger partial charge in [-0.1, -0.05) is 36.5 Å². The molecular formula is C13H14Cl2O. The van der Waals surface area contributed by atoms with Gasteiger partial charge < -0.3 is 0 Å². The number of hydrogen-bond donors (Lipinski definition) is 0. The number of Topliss-reactive ketones (excluding diaryl/α,β-unsaturated/α-hetero) is 1. The summed E-state index contributed by atoms with van der Waals surface area (Å²) in [7, 11) is 0. The molecule has 86 valence electrons. The Labute approximate surface area is 106 Å². The van der Waals surface area contributed by atoms with Gasteiger partial charge >= 0.3 is 0 Å². The highest BCUT2D eigenvalue weighted by Crippen LogP contribution is 2.35. The van der Waals surface area contributed by atoms with Crippen LogP contribution in [0.3, 0.4) is 0 Å². The summed E-state index contributed by atoms with van der Waals surface area (Å²) < 4.78 is 0. The smallest absolute Gasteiger partial charge is 0.167 e. The number of benzene rings is 1. The van der Waals surface area contributed by atoms with E-state index in [1.165, 1.54) is 0 Å². The Hall–Kier alpha value is -0.530. The van der Waals surface area contributed by atoms with Crippen molar-refractivity contribution in [1.82, 2.24) is 0 Å². The van der Waals surface area contributed by atoms with E-state index >= 15 is 0 Å². The number of ketones is 1. The van der Waals surface area contributed by atoms with Gasteiger partial charge in [-0.25, -0.2) is 0 Å². The monoisotopic (exact) mass is 256 g/mol. The maximum absolute atomic E-state index is 12.3. The Balaban J connectivity index is 2.27. The van der Waals surface area contributed by atoms with Crippen LogP contribution in [0.5, 0.6) is 0 Å². The summed E-state index contributed by atoms with van der Waals surface area (Å²) in [6.45, 7) is 2.14. The SMILES string of the molecule is CC1CCCC1C(=O)c1ccc(Cl)cc1Cl. The molecule has 2 unspecified atom stereocenters. The van der Waals surface area contributed by atoms with Gasteiger partial charge in [-0.3, -0.25) is 4.79 Å². The molecule has 3 heteroatoms. The predicted octanol–water partition coefficient (Wildman–Crippen LogP) is 4.61. The molecule has 1 fully saturated rings. The predicted molar refractivity (Wildman–Crippen MR) is 67.3 cm³/mol. The molecule has 0 aromatic heterocycles. The van der Waals surface area contributed by atoms with Crippen molar-refractivity contribution in [3.63, 3.8) is 0 Å². The molecule has 1 aliphatic carbocycles. The molecule has 1 aliphatic rings. The van der Waals surface area contributed by atoms with E-state index < -0.39 is 0 Å². The van der Waals surface area contributed by atoms with Crippen LogP contribution < -0.4 is 0 Å². The maximum Gasteiger partial charge on any atom is 0.167 e. The fourth-order valence-corrected chi connectivity index (χ4v) is 2.93. The Morgan fingerprint density at radius 1 is 1.31 bits per heavy atom. The van der Waals surface area contributed by atoms with E-state index in [9.17, 15) is 4.79 Å². The second kappa shape index (κ2) is 4.77. The van der Waals surface area contributed by atoms with Gasteiger partial charge in [0.05, 0.1) is 5.02 Å². The number of carbonyl (C=O) groups excluding carboxylic acids is 1. The van der Waals surface area contributed by atoms with E-state index in [-0.39, 0.29) is 11.7 Å². The van der Waals surface area contributed by atoms with Crippen LogP contribution in [0.2, 0.25) is 10.0 Å². The van der Waals surface area contributed by atoms with Crippen LogP contribution in [0.25, 0.3) is 0 Å². The van der Waals surface area contributed by atoms with Crippen LogP contribution in [0.4, 0.5) is 0 Å². The molecule has 1 aromatic rings. The lowest BCUT2D eigenvalue weighted by molar-refractivity contribution is 0.0897. The second-order valence-corrected chi connectivity index (χ2v) is 5.35. The van der Waals surface area contributed by atoms with Crippen LogP contribution in [0.15, 0.2) is 18.2 Å². The Morgan fingerprint density at radius 3 is 2.62 bits per heavy atom. The zero-order chi connectivity index (χ0) is 11.7. The summed E-state index contributed by atoms with van der Waals surface area (Å²) in [4.78, 5) is 12.3. The normalized spacial score (nSPS) is 24.7. The molecule has 16 heavy (non-hydrogen) atoms. The highest BCUT2D eigenvalue weighted by molar-refractivity contribution is 6.36. The van der Waals surface area contributed by atoms with Gasteiger partial charge in [-0.05, 0) is 37.0 Å². The summed E-state index contributed by atoms with van der Waals surface area (Å²) in [5, 5.41) is 1.04. The highest BCUT2D eigenvalue weighted by atomic mass is 35.5. The van der Waals surface area contributed by atoms with Crippen LogP contribution in [0.1, 0.15) is 36.5 Å². The highest BCUT2D eigenvalue weighted by Gasteiger charge is 2.31. The van der Waals surface area contributed by atoms with E-state index in [1.54, 1.807) is 18.2 Å². The summed E-state index contributed by atoms with van der Waals surface area (Å²) in [5.74, 6) is 0.782. The molecule has 1 nitrogen and oxygen atoms in total. The van der Waals surface area contributed by atoms with Gasteiger partial charge in [-0.15, -0.1) is 0 Å². The van der Waals surface area contributed by atoms with Crippen molar-refractivity contribution >= 4 is 29.0 Å². The Bertz CT molecular complexity index is 414. The molecule has 0 aliphatic heterocycles. The lowest BCUT2D eigenvalue weighted by atomic mass is 9.89. The van der Waals surface area contributed by atoms with Crippen molar-refractivity contribution in [3.05, 3.63) is 33.8 Å².